The van der Waals surface area contributed by atoms with Gasteiger partial charge in [0.15, 0.2) is 0 Å². The van der Waals surface area contributed by atoms with Crippen LogP contribution in [0.1, 0.15) is 37.6 Å². The van der Waals surface area contributed by atoms with Gasteiger partial charge in [-0.2, -0.15) is 0 Å². The number of likely N-dealkylation sites (tertiary alicyclic amines) is 1. The highest BCUT2D eigenvalue weighted by molar-refractivity contribution is 5.97. The van der Waals surface area contributed by atoms with E-state index < -0.39 is 5.82 Å². The summed E-state index contributed by atoms with van der Waals surface area (Å²) in [4.78, 5) is 25.3. The Balaban J connectivity index is 2.24. The van der Waals surface area contributed by atoms with Gasteiger partial charge in [-0.25, -0.2) is 4.39 Å². The highest BCUT2D eigenvalue weighted by Gasteiger charge is 2.36. The molecule has 1 aromatic carbocycles. The number of carbonyl (C=O) groups is 2. The number of amides is 2. The molecule has 2 rings (SSSR count). The minimum Gasteiger partial charge on any atom is -0.338 e. The molecule has 1 saturated heterocycles. The van der Waals surface area contributed by atoms with Crippen LogP contribution in [0, 0.1) is 11.2 Å². The molecular weight excluding hydrogens is 285 g/mol. The van der Waals surface area contributed by atoms with E-state index in [-0.39, 0.29) is 28.8 Å². The van der Waals surface area contributed by atoms with Crippen molar-refractivity contribution in [2.24, 2.45) is 11.1 Å². The Morgan fingerprint density at radius 2 is 2.09 bits per heavy atom. The van der Waals surface area contributed by atoms with Gasteiger partial charge in [0.05, 0.1) is 5.56 Å². The van der Waals surface area contributed by atoms with E-state index in [2.05, 4.69) is 5.32 Å². The van der Waals surface area contributed by atoms with Crippen LogP contribution in [0.2, 0.25) is 0 Å². The van der Waals surface area contributed by atoms with Crippen LogP contribution in [0.25, 0.3) is 0 Å². The molecule has 22 heavy (non-hydrogen) atoms. The number of nitrogens with two attached hydrogens (primary N) is 1. The molecule has 1 unspecified atom stereocenters. The van der Waals surface area contributed by atoms with Crippen LogP contribution >= 0.6 is 0 Å². The third kappa shape index (κ3) is 3.44. The minimum atomic E-state index is -0.591. The number of anilines is 1. The largest absolute Gasteiger partial charge is 0.338 e. The molecular formula is C16H22FN3O2. The molecule has 5 nitrogen and oxygen atoms in total. The molecule has 0 saturated carbocycles. The number of nitrogens with zero attached hydrogens (tertiary/aromatic N) is 1. The van der Waals surface area contributed by atoms with Crippen molar-refractivity contribution in [3.05, 3.63) is 29.6 Å². The standard InChI is InChI=1S/C16H22FN3O2/c1-10(21)19-11-4-5-13(17)12(8-11)15(22)20-7-6-14(18)16(2,3)9-20/h4-5,8,14H,6-7,9,18H2,1-3H3,(H,19,21). The van der Waals surface area contributed by atoms with Gasteiger partial charge in [0, 0.05) is 31.7 Å². The van der Waals surface area contributed by atoms with Crippen molar-refractivity contribution in [3.8, 4) is 0 Å². The Hall–Kier alpha value is -1.95. The normalized spacial score (nSPS) is 20.6. The molecule has 0 bridgehead atoms. The van der Waals surface area contributed by atoms with Crippen LogP contribution in [0.5, 0.6) is 0 Å². The van der Waals surface area contributed by atoms with Gasteiger partial charge in [0.2, 0.25) is 5.91 Å². The second-order valence-corrected chi connectivity index (χ2v) is 6.49. The topological polar surface area (TPSA) is 75.4 Å². The van der Waals surface area contributed by atoms with Crippen LogP contribution in [0.4, 0.5) is 10.1 Å². The molecule has 1 aliphatic rings. The fourth-order valence-electron chi connectivity index (χ4n) is 2.69. The molecule has 2 amide bonds. The molecule has 6 heteroatoms. The fraction of sp³-hybridized carbons (Fsp3) is 0.500. The molecule has 1 fully saturated rings. The molecule has 0 aliphatic carbocycles. The molecule has 1 atom stereocenters. The lowest BCUT2D eigenvalue weighted by molar-refractivity contribution is -0.114. The summed E-state index contributed by atoms with van der Waals surface area (Å²) < 4.78 is 14.0. The van der Waals surface area contributed by atoms with Gasteiger partial charge in [0.25, 0.3) is 5.91 Å². The van der Waals surface area contributed by atoms with Crippen molar-refractivity contribution in [2.75, 3.05) is 18.4 Å². The predicted octanol–water partition coefficient (Wildman–Crippen LogP) is 1.98. The lowest BCUT2D eigenvalue weighted by Gasteiger charge is -2.42. The van der Waals surface area contributed by atoms with Crippen molar-refractivity contribution in [2.45, 2.75) is 33.2 Å². The van der Waals surface area contributed by atoms with E-state index in [0.717, 1.165) is 0 Å². The Morgan fingerprint density at radius 3 is 2.68 bits per heavy atom. The lowest BCUT2D eigenvalue weighted by atomic mass is 9.79. The Morgan fingerprint density at radius 1 is 1.41 bits per heavy atom. The summed E-state index contributed by atoms with van der Waals surface area (Å²) in [6.45, 7) is 6.35. The monoisotopic (exact) mass is 307 g/mol. The number of halogens is 1. The highest BCUT2D eigenvalue weighted by Crippen LogP contribution is 2.29. The number of piperidine rings is 1. The van der Waals surface area contributed by atoms with Crippen molar-refractivity contribution in [1.82, 2.24) is 4.90 Å². The van der Waals surface area contributed by atoms with Gasteiger partial charge < -0.3 is 16.0 Å². The molecule has 0 radical (unpaired) electrons. The van der Waals surface area contributed by atoms with Gasteiger partial charge in [-0.15, -0.1) is 0 Å². The Bertz CT molecular complexity index is 601. The Kier molecular flexibility index (Phi) is 4.51. The van der Waals surface area contributed by atoms with Crippen LogP contribution in [0.15, 0.2) is 18.2 Å². The van der Waals surface area contributed by atoms with Gasteiger partial charge >= 0.3 is 0 Å². The van der Waals surface area contributed by atoms with Gasteiger partial charge in [-0.1, -0.05) is 13.8 Å². The first-order valence-corrected chi connectivity index (χ1v) is 7.33. The van der Waals surface area contributed by atoms with Crippen molar-refractivity contribution < 1.29 is 14.0 Å². The second-order valence-electron chi connectivity index (χ2n) is 6.49. The van der Waals surface area contributed by atoms with Gasteiger partial charge in [-0.05, 0) is 30.0 Å². The average molecular weight is 307 g/mol. The van der Waals surface area contributed by atoms with Gasteiger partial charge in [-0.3, -0.25) is 9.59 Å². The second kappa shape index (κ2) is 6.04. The van der Waals surface area contributed by atoms with Crippen LogP contribution in [-0.2, 0) is 4.79 Å². The quantitative estimate of drug-likeness (QED) is 0.877. The van der Waals surface area contributed by atoms with Gasteiger partial charge in [0.1, 0.15) is 5.82 Å². The minimum absolute atomic E-state index is 0.0205. The number of carbonyl (C=O) groups excluding carboxylic acids is 2. The zero-order valence-corrected chi connectivity index (χ0v) is 13.1. The summed E-state index contributed by atoms with van der Waals surface area (Å²) in [5.41, 5.74) is 6.23. The summed E-state index contributed by atoms with van der Waals surface area (Å²) in [5, 5.41) is 2.56. The van der Waals surface area contributed by atoms with E-state index >= 15 is 0 Å². The summed E-state index contributed by atoms with van der Waals surface area (Å²) in [6.07, 6.45) is 0.686. The fourth-order valence-corrected chi connectivity index (χ4v) is 2.69. The molecule has 0 spiro atoms. The zero-order chi connectivity index (χ0) is 16.5. The third-order valence-corrected chi connectivity index (χ3v) is 4.12. The van der Waals surface area contributed by atoms with E-state index in [4.69, 9.17) is 5.73 Å². The van der Waals surface area contributed by atoms with Crippen molar-refractivity contribution >= 4 is 17.5 Å². The van der Waals surface area contributed by atoms with E-state index in [9.17, 15) is 14.0 Å². The maximum atomic E-state index is 14.0. The van der Waals surface area contributed by atoms with Crippen LogP contribution in [-0.4, -0.2) is 35.8 Å². The van der Waals surface area contributed by atoms with Crippen LogP contribution in [0.3, 0.4) is 0 Å². The summed E-state index contributed by atoms with van der Waals surface area (Å²) >= 11 is 0. The van der Waals surface area contributed by atoms with E-state index in [1.165, 1.54) is 25.1 Å². The summed E-state index contributed by atoms with van der Waals surface area (Å²) in [6, 6.07) is 4.02. The number of benzene rings is 1. The Labute approximate surface area is 129 Å². The van der Waals surface area contributed by atoms with E-state index in [1.54, 1.807) is 4.90 Å². The molecule has 0 aromatic heterocycles. The van der Waals surface area contributed by atoms with E-state index in [0.29, 0.717) is 25.2 Å². The number of nitrogens with one attached hydrogen (secondary N) is 1. The maximum Gasteiger partial charge on any atom is 0.256 e. The molecule has 3 N–H and O–H groups in total. The number of hydrogen-bond acceptors (Lipinski definition) is 3. The molecule has 120 valence electrons. The first kappa shape index (κ1) is 16.4. The SMILES string of the molecule is CC(=O)Nc1ccc(F)c(C(=O)N2CCC(N)C(C)(C)C2)c1. The third-order valence-electron chi connectivity index (χ3n) is 4.12. The predicted molar refractivity (Wildman–Crippen MR) is 83.0 cm³/mol. The summed E-state index contributed by atoms with van der Waals surface area (Å²) in [5.74, 6) is -1.23. The van der Waals surface area contributed by atoms with Crippen LogP contribution < -0.4 is 11.1 Å². The zero-order valence-electron chi connectivity index (χ0n) is 13.1. The first-order chi connectivity index (χ1) is 10.2. The van der Waals surface area contributed by atoms with E-state index in [1.807, 2.05) is 13.8 Å². The summed E-state index contributed by atoms with van der Waals surface area (Å²) in [7, 11) is 0. The average Bonchev–Trinajstić information content (AvgIpc) is 2.42. The first-order valence-electron chi connectivity index (χ1n) is 7.33. The molecule has 1 aromatic rings. The number of hydrogen-bond donors (Lipinski definition) is 2. The molecule has 1 aliphatic heterocycles. The van der Waals surface area contributed by atoms with Crippen molar-refractivity contribution in [1.29, 1.82) is 0 Å². The smallest absolute Gasteiger partial charge is 0.256 e. The maximum absolute atomic E-state index is 14.0. The highest BCUT2D eigenvalue weighted by atomic mass is 19.1. The lowest BCUT2D eigenvalue weighted by Crippen LogP contribution is -2.54. The van der Waals surface area contributed by atoms with Crippen molar-refractivity contribution in [3.63, 3.8) is 0 Å². The number of rotatable bonds is 2. The molecule has 1 heterocycles.